The van der Waals surface area contributed by atoms with Gasteiger partial charge in [-0.05, 0) is 43.5 Å². The second-order valence-electron chi connectivity index (χ2n) is 6.82. The summed E-state index contributed by atoms with van der Waals surface area (Å²) in [4.78, 5) is 27.2. The molecule has 1 unspecified atom stereocenters. The summed E-state index contributed by atoms with van der Waals surface area (Å²) >= 11 is 6.30. The van der Waals surface area contributed by atoms with Gasteiger partial charge in [0.2, 0.25) is 5.91 Å². The average Bonchev–Trinajstić information content (AvgIpc) is 3.12. The molecule has 0 saturated carbocycles. The van der Waals surface area contributed by atoms with E-state index in [-0.39, 0.29) is 11.9 Å². The zero-order chi connectivity index (χ0) is 19.2. The van der Waals surface area contributed by atoms with E-state index in [1.807, 2.05) is 12.1 Å². The molecule has 4 rings (SSSR count). The molecule has 146 valence electrons. The van der Waals surface area contributed by atoms with Crippen LogP contribution in [0.3, 0.4) is 0 Å². The molecule has 27 heavy (non-hydrogen) atoms. The molecule has 0 aromatic heterocycles. The van der Waals surface area contributed by atoms with Crippen LogP contribution in [0.2, 0.25) is 5.02 Å². The highest BCUT2D eigenvalue weighted by Crippen LogP contribution is 2.26. The van der Waals surface area contributed by atoms with Gasteiger partial charge in [-0.1, -0.05) is 29.8 Å². The van der Waals surface area contributed by atoms with Crippen LogP contribution < -0.4 is 10.1 Å². The van der Waals surface area contributed by atoms with Crippen LogP contribution in [0.1, 0.15) is 24.8 Å². The fourth-order valence-corrected chi connectivity index (χ4v) is 3.84. The second-order valence-corrected chi connectivity index (χ2v) is 7.23. The van der Waals surface area contributed by atoms with Crippen molar-refractivity contribution in [3.05, 3.63) is 40.9 Å². The maximum Gasteiger partial charge on any atom is 0.328 e. The smallest absolute Gasteiger partial charge is 0.328 e. The second kappa shape index (κ2) is 9.24. The molecule has 1 amide bonds. The molecule has 3 aliphatic heterocycles. The van der Waals surface area contributed by atoms with E-state index >= 15 is 0 Å². The third kappa shape index (κ3) is 5.02. The van der Waals surface area contributed by atoms with Gasteiger partial charge < -0.3 is 14.8 Å². The van der Waals surface area contributed by atoms with Crippen LogP contribution in [0, 0.1) is 0 Å². The summed E-state index contributed by atoms with van der Waals surface area (Å²) in [5.74, 6) is 0.00819. The number of esters is 1. The Kier molecular flexibility index (Phi) is 6.74. The number of nitrogens with zero attached hydrogens (tertiary/aromatic N) is 1. The molecule has 1 saturated heterocycles. The van der Waals surface area contributed by atoms with Crippen molar-refractivity contribution in [3.8, 4) is 5.75 Å². The molecule has 7 heteroatoms. The summed E-state index contributed by atoms with van der Waals surface area (Å²) in [7, 11) is 1.33. The van der Waals surface area contributed by atoms with Gasteiger partial charge >= 0.3 is 5.97 Å². The Labute approximate surface area is 164 Å². The summed E-state index contributed by atoms with van der Waals surface area (Å²) in [6, 6.07) is 4.44. The van der Waals surface area contributed by atoms with Crippen molar-refractivity contribution in [1.82, 2.24) is 10.2 Å². The highest BCUT2D eigenvalue weighted by molar-refractivity contribution is 6.32. The number of hydrogen-bond donors (Lipinski definition) is 1. The quantitative estimate of drug-likeness (QED) is 0.587. The lowest BCUT2D eigenvalue weighted by Gasteiger charge is -2.25. The molecular formula is C20H25ClN2O4. The summed E-state index contributed by atoms with van der Waals surface area (Å²) in [5.41, 5.74) is 0.828. The van der Waals surface area contributed by atoms with Gasteiger partial charge in [-0.3, -0.25) is 9.69 Å². The number of hydrogen-bond acceptors (Lipinski definition) is 5. The highest BCUT2D eigenvalue weighted by Gasteiger charge is 2.33. The molecule has 3 heterocycles. The lowest BCUT2D eigenvalue weighted by Crippen LogP contribution is -2.50. The van der Waals surface area contributed by atoms with Crippen molar-refractivity contribution in [2.45, 2.75) is 37.8 Å². The van der Waals surface area contributed by atoms with Crippen LogP contribution in [0.15, 0.2) is 30.4 Å². The molecule has 6 nitrogen and oxygen atoms in total. The lowest BCUT2D eigenvalue weighted by molar-refractivity contribution is -0.145. The van der Waals surface area contributed by atoms with Crippen LogP contribution in [0.25, 0.3) is 0 Å². The number of ether oxygens (including phenoxy) is 2. The van der Waals surface area contributed by atoms with E-state index in [0.29, 0.717) is 23.8 Å². The molecule has 2 bridgehead atoms. The number of methoxy groups -OCH3 is 1. The van der Waals surface area contributed by atoms with Crippen molar-refractivity contribution in [1.29, 1.82) is 0 Å². The first-order valence-electron chi connectivity index (χ1n) is 9.27. The fraction of sp³-hybridized carbons (Fsp3) is 0.500. The Morgan fingerprint density at radius 1 is 1.33 bits per heavy atom. The van der Waals surface area contributed by atoms with E-state index in [1.165, 1.54) is 7.11 Å². The monoisotopic (exact) mass is 392 g/mol. The zero-order valence-corrected chi connectivity index (χ0v) is 16.2. The Morgan fingerprint density at radius 2 is 2.19 bits per heavy atom. The number of halogens is 1. The molecule has 3 aliphatic rings. The van der Waals surface area contributed by atoms with Crippen LogP contribution in [-0.2, 0) is 20.7 Å². The van der Waals surface area contributed by atoms with Gasteiger partial charge in [-0.25, -0.2) is 4.79 Å². The number of nitrogens with one attached hydrogen (secondary N) is 1. The number of rotatable bonds is 1. The molecular weight excluding hydrogens is 368 g/mol. The van der Waals surface area contributed by atoms with Crippen LogP contribution in [0.5, 0.6) is 5.75 Å². The minimum Gasteiger partial charge on any atom is -0.488 e. The Balaban J connectivity index is 1.85. The van der Waals surface area contributed by atoms with Crippen LogP contribution in [-0.4, -0.2) is 55.7 Å². The number of carbonyl (C=O) groups is 2. The lowest BCUT2D eigenvalue weighted by atomic mass is 10.0. The van der Waals surface area contributed by atoms with E-state index < -0.39 is 12.0 Å². The average molecular weight is 393 g/mol. The Morgan fingerprint density at radius 3 is 2.96 bits per heavy atom. The standard InChI is InChI=1S/C20H25ClN2O4/c1-26-20(25)16-13-14-7-8-18(15(21)12-14)27-11-4-2-3-9-23-10-5-6-17(23)19(24)22-16/h2,4,7-8,12,16-17H,3,5-6,9-11,13H2,1H3,(H,22,24)/b4-2+/t16?,17-/m0/s1. The van der Waals surface area contributed by atoms with Crippen molar-refractivity contribution >= 4 is 23.5 Å². The van der Waals surface area contributed by atoms with Crippen molar-refractivity contribution in [2.75, 3.05) is 26.8 Å². The number of carbonyl (C=O) groups excluding carboxylic acids is 2. The van der Waals surface area contributed by atoms with E-state index in [0.717, 1.165) is 37.9 Å². The summed E-state index contributed by atoms with van der Waals surface area (Å²) in [6.45, 7) is 2.13. The van der Waals surface area contributed by atoms with Gasteiger partial charge in [-0.2, -0.15) is 0 Å². The van der Waals surface area contributed by atoms with Gasteiger partial charge in [0.1, 0.15) is 18.4 Å². The van der Waals surface area contributed by atoms with Gasteiger partial charge in [0.15, 0.2) is 0 Å². The topological polar surface area (TPSA) is 67.9 Å². The normalized spacial score (nSPS) is 25.3. The molecule has 1 aromatic rings. The fourth-order valence-electron chi connectivity index (χ4n) is 3.58. The third-order valence-electron chi connectivity index (χ3n) is 4.99. The zero-order valence-electron chi connectivity index (χ0n) is 15.4. The highest BCUT2D eigenvalue weighted by atomic mass is 35.5. The van der Waals surface area contributed by atoms with E-state index in [2.05, 4.69) is 16.3 Å². The van der Waals surface area contributed by atoms with Crippen molar-refractivity contribution in [2.24, 2.45) is 0 Å². The Bertz CT molecular complexity index is 722. The molecule has 1 N–H and O–H groups in total. The first kappa shape index (κ1) is 19.7. The predicted octanol–water partition coefficient (Wildman–Crippen LogP) is 2.34. The minimum absolute atomic E-state index is 0.120. The number of benzene rings is 1. The molecule has 1 aromatic carbocycles. The first-order chi connectivity index (χ1) is 13.1. The SMILES string of the molecule is COC(=O)C1Cc2ccc(c(Cl)c2)OC/C=C/CCN2CCC[C@H]2C(=O)N1. The van der Waals surface area contributed by atoms with E-state index in [4.69, 9.17) is 21.1 Å². The molecule has 0 spiro atoms. The maximum absolute atomic E-state index is 12.8. The summed E-state index contributed by atoms with van der Waals surface area (Å²) in [5, 5.41) is 3.36. The third-order valence-corrected chi connectivity index (χ3v) is 5.28. The van der Waals surface area contributed by atoms with E-state index in [1.54, 1.807) is 12.1 Å². The number of amides is 1. The van der Waals surface area contributed by atoms with Crippen LogP contribution >= 0.6 is 11.6 Å². The predicted molar refractivity (Wildman–Crippen MR) is 103 cm³/mol. The number of fused-ring (bicyclic) bond motifs is 9. The molecule has 2 atom stereocenters. The summed E-state index contributed by atoms with van der Waals surface area (Å²) < 4.78 is 10.6. The summed E-state index contributed by atoms with van der Waals surface area (Å²) in [6.07, 6.45) is 6.94. The minimum atomic E-state index is -0.749. The van der Waals surface area contributed by atoms with Gasteiger partial charge in [0.05, 0.1) is 18.2 Å². The van der Waals surface area contributed by atoms with Crippen molar-refractivity contribution in [3.63, 3.8) is 0 Å². The molecule has 0 aliphatic carbocycles. The maximum atomic E-state index is 12.8. The Hall–Kier alpha value is -2.05. The molecule has 0 radical (unpaired) electrons. The molecule has 1 fully saturated rings. The van der Waals surface area contributed by atoms with Crippen molar-refractivity contribution < 1.29 is 19.1 Å². The van der Waals surface area contributed by atoms with Crippen LogP contribution in [0.4, 0.5) is 0 Å². The van der Waals surface area contributed by atoms with Gasteiger partial charge in [0.25, 0.3) is 0 Å². The van der Waals surface area contributed by atoms with E-state index in [9.17, 15) is 9.59 Å². The first-order valence-corrected chi connectivity index (χ1v) is 9.64. The largest absolute Gasteiger partial charge is 0.488 e. The van der Waals surface area contributed by atoms with Gasteiger partial charge in [0, 0.05) is 13.0 Å². The van der Waals surface area contributed by atoms with Gasteiger partial charge in [-0.15, -0.1) is 0 Å².